The van der Waals surface area contributed by atoms with Crippen LogP contribution in [-0.2, 0) is 10.3 Å². The Kier molecular flexibility index (Phi) is 5.35. The fourth-order valence-corrected chi connectivity index (χ4v) is 3.04. The average Bonchev–Trinajstić information content (AvgIpc) is 2.88. The molecule has 0 bridgehead atoms. The Morgan fingerprint density at radius 3 is 2.15 bits per heavy atom. The molecule has 1 N–H and O–H groups in total. The van der Waals surface area contributed by atoms with Crippen molar-refractivity contribution in [2.45, 2.75) is 26.3 Å². The number of hydrogen-bond donors (Lipinski definition) is 1. The number of hydrogen-bond acceptors (Lipinski definition) is 4. The van der Waals surface area contributed by atoms with Crippen LogP contribution in [0.2, 0.25) is 0 Å². The van der Waals surface area contributed by atoms with Crippen LogP contribution in [0.15, 0.2) is 48.5 Å². The number of rotatable bonds is 7. The summed E-state index contributed by atoms with van der Waals surface area (Å²) in [5.41, 5.74) is 0.810. The van der Waals surface area contributed by atoms with Gasteiger partial charge in [-0.15, -0.1) is 0 Å². The van der Waals surface area contributed by atoms with Crippen LogP contribution in [0.3, 0.4) is 0 Å². The largest absolute Gasteiger partial charge is 0.494 e. The van der Waals surface area contributed by atoms with Crippen LogP contribution in [0.4, 0.5) is 4.79 Å². The maximum Gasteiger partial charge on any atom is 0.325 e. The SMILES string of the molecule is CCOc1ccc(OCCN2C(=O)NC(C)(c3ccc(C)cc3)C2=O)cc1. The van der Waals surface area contributed by atoms with Crippen LogP contribution in [0, 0.1) is 6.92 Å². The van der Waals surface area contributed by atoms with E-state index in [-0.39, 0.29) is 19.1 Å². The smallest absolute Gasteiger partial charge is 0.325 e. The molecule has 27 heavy (non-hydrogen) atoms. The molecule has 0 saturated carbocycles. The number of imide groups is 1. The van der Waals surface area contributed by atoms with Crippen LogP contribution in [-0.4, -0.2) is 36.6 Å². The third-order valence-corrected chi connectivity index (χ3v) is 4.62. The van der Waals surface area contributed by atoms with Crippen molar-refractivity contribution < 1.29 is 19.1 Å². The van der Waals surface area contributed by atoms with Crippen molar-refractivity contribution in [2.24, 2.45) is 0 Å². The van der Waals surface area contributed by atoms with E-state index in [2.05, 4.69) is 5.32 Å². The van der Waals surface area contributed by atoms with E-state index in [4.69, 9.17) is 9.47 Å². The molecule has 1 atom stereocenters. The highest BCUT2D eigenvalue weighted by atomic mass is 16.5. The number of carbonyl (C=O) groups excluding carboxylic acids is 2. The van der Waals surface area contributed by atoms with E-state index in [0.717, 1.165) is 16.9 Å². The molecule has 3 rings (SSSR count). The lowest BCUT2D eigenvalue weighted by atomic mass is 9.91. The van der Waals surface area contributed by atoms with Crippen molar-refractivity contribution in [3.63, 3.8) is 0 Å². The molecule has 0 aliphatic carbocycles. The van der Waals surface area contributed by atoms with Gasteiger partial charge in [0, 0.05) is 0 Å². The normalized spacial score (nSPS) is 19.1. The third kappa shape index (κ3) is 3.89. The minimum atomic E-state index is -1.05. The lowest BCUT2D eigenvalue weighted by molar-refractivity contribution is -0.131. The molecule has 0 spiro atoms. The van der Waals surface area contributed by atoms with E-state index in [1.165, 1.54) is 4.90 Å². The van der Waals surface area contributed by atoms with Gasteiger partial charge in [-0.25, -0.2) is 4.79 Å². The summed E-state index contributed by atoms with van der Waals surface area (Å²) in [7, 11) is 0. The van der Waals surface area contributed by atoms with Gasteiger partial charge in [0.2, 0.25) is 0 Å². The van der Waals surface area contributed by atoms with Crippen LogP contribution in [0.1, 0.15) is 25.0 Å². The Morgan fingerprint density at radius 2 is 1.56 bits per heavy atom. The van der Waals surface area contributed by atoms with Gasteiger partial charge < -0.3 is 14.8 Å². The van der Waals surface area contributed by atoms with Gasteiger partial charge in [-0.3, -0.25) is 9.69 Å². The predicted octanol–water partition coefficient (Wildman–Crippen LogP) is 3.24. The summed E-state index contributed by atoms with van der Waals surface area (Å²) >= 11 is 0. The second kappa shape index (κ2) is 7.70. The summed E-state index contributed by atoms with van der Waals surface area (Å²) < 4.78 is 11.0. The van der Waals surface area contributed by atoms with Crippen LogP contribution < -0.4 is 14.8 Å². The standard InChI is InChI=1S/C21H24N2O4/c1-4-26-17-9-11-18(12-10-17)27-14-13-23-19(24)21(3,22-20(23)25)16-7-5-15(2)6-8-16/h5-12H,4,13-14H2,1-3H3,(H,22,25). The molecule has 6 nitrogen and oxygen atoms in total. The zero-order valence-electron chi connectivity index (χ0n) is 15.8. The summed E-state index contributed by atoms with van der Waals surface area (Å²) in [4.78, 5) is 26.4. The first kappa shape index (κ1) is 18.8. The predicted molar refractivity (Wildman–Crippen MR) is 102 cm³/mol. The molecule has 2 aromatic rings. The van der Waals surface area contributed by atoms with E-state index in [1.54, 1.807) is 19.1 Å². The average molecular weight is 368 g/mol. The van der Waals surface area contributed by atoms with Gasteiger partial charge in [-0.2, -0.15) is 0 Å². The van der Waals surface area contributed by atoms with Gasteiger partial charge in [0.15, 0.2) is 0 Å². The minimum Gasteiger partial charge on any atom is -0.494 e. The molecule has 142 valence electrons. The molecule has 1 fully saturated rings. The molecule has 1 unspecified atom stereocenters. The number of aryl methyl sites for hydroxylation is 1. The molecule has 0 aromatic heterocycles. The summed E-state index contributed by atoms with van der Waals surface area (Å²) in [6.07, 6.45) is 0. The van der Waals surface area contributed by atoms with E-state index >= 15 is 0 Å². The number of ether oxygens (including phenoxy) is 2. The second-order valence-corrected chi connectivity index (χ2v) is 6.63. The molecule has 3 amide bonds. The first-order chi connectivity index (χ1) is 12.9. The highest BCUT2D eigenvalue weighted by Crippen LogP contribution is 2.29. The zero-order valence-corrected chi connectivity index (χ0v) is 15.8. The Labute approximate surface area is 159 Å². The fraction of sp³-hybridized carbons (Fsp3) is 0.333. The molecule has 1 saturated heterocycles. The van der Waals surface area contributed by atoms with Crippen LogP contribution in [0.5, 0.6) is 11.5 Å². The van der Waals surface area contributed by atoms with Crippen molar-refractivity contribution in [3.8, 4) is 11.5 Å². The van der Waals surface area contributed by atoms with Crippen LogP contribution >= 0.6 is 0 Å². The van der Waals surface area contributed by atoms with Gasteiger partial charge >= 0.3 is 6.03 Å². The van der Waals surface area contributed by atoms with Crippen molar-refractivity contribution in [2.75, 3.05) is 19.8 Å². The minimum absolute atomic E-state index is 0.180. The lowest BCUT2D eigenvalue weighted by Crippen LogP contribution is -2.41. The molecule has 1 heterocycles. The maximum absolute atomic E-state index is 12.9. The van der Waals surface area contributed by atoms with Gasteiger partial charge in [-0.05, 0) is 50.6 Å². The molecule has 1 aliphatic rings. The van der Waals surface area contributed by atoms with Crippen molar-refractivity contribution in [1.82, 2.24) is 10.2 Å². The van der Waals surface area contributed by atoms with Crippen LogP contribution in [0.25, 0.3) is 0 Å². The molecular formula is C21H24N2O4. The monoisotopic (exact) mass is 368 g/mol. The van der Waals surface area contributed by atoms with E-state index < -0.39 is 11.6 Å². The number of nitrogens with one attached hydrogen (secondary N) is 1. The Balaban J connectivity index is 1.61. The summed E-state index contributed by atoms with van der Waals surface area (Å²) in [6, 6.07) is 14.4. The highest BCUT2D eigenvalue weighted by Gasteiger charge is 2.48. The third-order valence-electron chi connectivity index (χ3n) is 4.62. The summed E-state index contributed by atoms with van der Waals surface area (Å²) in [6.45, 7) is 6.63. The quantitative estimate of drug-likeness (QED) is 0.762. The van der Waals surface area contributed by atoms with E-state index in [0.29, 0.717) is 12.4 Å². The van der Waals surface area contributed by atoms with E-state index in [9.17, 15) is 9.59 Å². The van der Waals surface area contributed by atoms with Gasteiger partial charge in [0.1, 0.15) is 23.6 Å². The topological polar surface area (TPSA) is 67.9 Å². The Hall–Kier alpha value is -3.02. The summed E-state index contributed by atoms with van der Waals surface area (Å²) in [5, 5.41) is 2.80. The van der Waals surface area contributed by atoms with Crippen molar-refractivity contribution in [3.05, 3.63) is 59.7 Å². The molecule has 1 aliphatic heterocycles. The molecule has 0 radical (unpaired) electrons. The number of urea groups is 1. The van der Waals surface area contributed by atoms with Crippen molar-refractivity contribution in [1.29, 1.82) is 0 Å². The number of amides is 3. The first-order valence-electron chi connectivity index (χ1n) is 9.01. The number of nitrogens with zero attached hydrogens (tertiary/aromatic N) is 1. The van der Waals surface area contributed by atoms with E-state index in [1.807, 2.05) is 50.2 Å². The maximum atomic E-state index is 12.9. The first-order valence-corrected chi connectivity index (χ1v) is 9.01. The van der Waals surface area contributed by atoms with Gasteiger partial charge in [-0.1, -0.05) is 29.8 Å². The van der Waals surface area contributed by atoms with Gasteiger partial charge in [0.05, 0.1) is 13.2 Å². The fourth-order valence-electron chi connectivity index (χ4n) is 3.04. The molecule has 2 aromatic carbocycles. The molecule has 6 heteroatoms. The second-order valence-electron chi connectivity index (χ2n) is 6.63. The number of carbonyl (C=O) groups is 2. The summed E-state index contributed by atoms with van der Waals surface area (Å²) in [5.74, 6) is 1.16. The molecular weight excluding hydrogens is 344 g/mol. The Morgan fingerprint density at radius 1 is 0.963 bits per heavy atom. The lowest BCUT2D eigenvalue weighted by Gasteiger charge is -2.22. The van der Waals surface area contributed by atoms with Crippen molar-refractivity contribution >= 4 is 11.9 Å². The number of benzene rings is 2. The Bertz CT molecular complexity index is 817. The zero-order chi connectivity index (χ0) is 19.4. The van der Waals surface area contributed by atoms with Gasteiger partial charge in [0.25, 0.3) is 5.91 Å². The highest BCUT2D eigenvalue weighted by molar-refractivity contribution is 6.07.